The summed E-state index contributed by atoms with van der Waals surface area (Å²) in [6, 6.07) is 5.07. The SMILES string of the molecule is CC=CC(=O)Nc1ccc(OC)c(Cl)c1. The van der Waals surface area contributed by atoms with Gasteiger partial charge in [0.15, 0.2) is 0 Å². The number of anilines is 1. The van der Waals surface area contributed by atoms with Crippen molar-refractivity contribution in [3.8, 4) is 5.75 Å². The molecular weight excluding hydrogens is 214 g/mol. The summed E-state index contributed by atoms with van der Waals surface area (Å²) >= 11 is 5.90. The second kappa shape index (κ2) is 5.41. The smallest absolute Gasteiger partial charge is 0.248 e. The Labute approximate surface area is 93.7 Å². The fourth-order valence-electron chi connectivity index (χ4n) is 1.08. The molecule has 0 aliphatic rings. The number of carbonyl (C=O) groups excluding carboxylic acids is 1. The van der Waals surface area contributed by atoms with Gasteiger partial charge in [-0.3, -0.25) is 4.79 Å². The van der Waals surface area contributed by atoms with Gasteiger partial charge >= 0.3 is 0 Å². The van der Waals surface area contributed by atoms with E-state index in [0.717, 1.165) is 0 Å². The highest BCUT2D eigenvalue weighted by Crippen LogP contribution is 2.27. The third-order valence-electron chi connectivity index (χ3n) is 1.74. The molecule has 0 atom stereocenters. The van der Waals surface area contributed by atoms with Crippen molar-refractivity contribution >= 4 is 23.2 Å². The molecule has 1 aromatic carbocycles. The number of hydrogen-bond donors (Lipinski definition) is 1. The lowest BCUT2D eigenvalue weighted by Crippen LogP contribution is -2.07. The normalized spacial score (nSPS) is 10.3. The standard InChI is InChI=1S/C11H12ClNO2/c1-3-4-11(14)13-8-5-6-10(15-2)9(12)7-8/h3-7H,1-2H3,(H,13,14). The third kappa shape index (κ3) is 3.29. The average molecular weight is 226 g/mol. The fraction of sp³-hybridized carbons (Fsp3) is 0.182. The van der Waals surface area contributed by atoms with E-state index in [-0.39, 0.29) is 5.91 Å². The van der Waals surface area contributed by atoms with Gasteiger partial charge in [0.2, 0.25) is 5.91 Å². The molecule has 0 spiro atoms. The van der Waals surface area contributed by atoms with E-state index >= 15 is 0 Å². The number of methoxy groups -OCH3 is 1. The highest BCUT2D eigenvalue weighted by molar-refractivity contribution is 6.32. The molecule has 1 aromatic rings. The lowest BCUT2D eigenvalue weighted by atomic mass is 10.3. The Hall–Kier alpha value is -1.48. The van der Waals surface area contributed by atoms with Gasteiger partial charge in [-0.1, -0.05) is 17.7 Å². The van der Waals surface area contributed by atoms with Crippen molar-refractivity contribution in [3.05, 3.63) is 35.4 Å². The molecule has 0 saturated carbocycles. The number of ether oxygens (including phenoxy) is 1. The zero-order chi connectivity index (χ0) is 11.3. The lowest BCUT2D eigenvalue weighted by molar-refractivity contribution is -0.111. The summed E-state index contributed by atoms with van der Waals surface area (Å²) in [4.78, 5) is 11.2. The maximum absolute atomic E-state index is 11.2. The molecule has 0 aliphatic carbocycles. The topological polar surface area (TPSA) is 38.3 Å². The van der Waals surface area contributed by atoms with Crippen molar-refractivity contribution in [2.75, 3.05) is 12.4 Å². The molecular formula is C11H12ClNO2. The zero-order valence-corrected chi connectivity index (χ0v) is 9.34. The molecule has 1 amide bonds. The molecule has 0 radical (unpaired) electrons. The number of carbonyl (C=O) groups is 1. The molecule has 0 bridgehead atoms. The highest BCUT2D eigenvalue weighted by Gasteiger charge is 2.02. The van der Waals surface area contributed by atoms with Crippen LogP contribution in [0.2, 0.25) is 5.02 Å². The van der Waals surface area contributed by atoms with E-state index in [4.69, 9.17) is 16.3 Å². The second-order valence-electron chi connectivity index (χ2n) is 2.84. The Bertz CT molecular complexity index is 388. The Kier molecular flexibility index (Phi) is 4.18. The molecule has 0 fully saturated rings. The Balaban J connectivity index is 2.79. The van der Waals surface area contributed by atoms with Crippen molar-refractivity contribution in [2.24, 2.45) is 0 Å². The maximum Gasteiger partial charge on any atom is 0.248 e. The van der Waals surface area contributed by atoms with E-state index in [0.29, 0.717) is 16.5 Å². The van der Waals surface area contributed by atoms with Crippen LogP contribution >= 0.6 is 11.6 Å². The summed E-state index contributed by atoms with van der Waals surface area (Å²) < 4.78 is 4.99. The van der Waals surface area contributed by atoms with Crippen LogP contribution in [0.1, 0.15) is 6.92 Å². The van der Waals surface area contributed by atoms with Gasteiger partial charge < -0.3 is 10.1 Å². The molecule has 0 unspecified atom stereocenters. The van der Waals surface area contributed by atoms with Gasteiger partial charge in [0, 0.05) is 5.69 Å². The van der Waals surface area contributed by atoms with E-state index in [1.807, 2.05) is 0 Å². The number of halogens is 1. The lowest BCUT2D eigenvalue weighted by Gasteiger charge is -2.06. The van der Waals surface area contributed by atoms with Crippen LogP contribution in [0.5, 0.6) is 5.75 Å². The first kappa shape index (κ1) is 11.6. The predicted octanol–water partition coefficient (Wildman–Crippen LogP) is 2.86. The van der Waals surface area contributed by atoms with Crippen LogP contribution in [0.25, 0.3) is 0 Å². The molecule has 1 N–H and O–H groups in total. The zero-order valence-electron chi connectivity index (χ0n) is 8.58. The van der Waals surface area contributed by atoms with E-state index in [1.54, 1.807) is 38.3 Å². The van der Waals surface area contributed by atoms with E-state index < -0.39 is 0 Å². The molecule has 80 valence electrons. The molecule has 1 rings (SSSR count). The summed E-state index contributed by atoms with van der Waals surface area (Å²) in [7, 11) is 1.54. The van der Waals surface area contributed by atoms with Gasteiger partial charge in [0.25, 0.3) is 0 Å². The molecule has 4 heteroatoms. The van der Waals surface area contributed by atoms with Crippen molar-refractivity contribution in [3.63, 3.8) is 0 Å². The van der Waals surface area contributed by atoms with E-state index in [2.05, 4.69) is 5.32 Å². The summed E-state index contributed by atoms with van der Waals surface area (Å²) in [6.07, 6.45) is 3.11. The quantitative estimate of drug-likeness (QED) is 0.804. The number of amides is 1. The number of nitrogens with one attached hydrogen (secondary N) is 1. The molecule has 0 aliphatic heterocycles. The fourth-order valence-corrected chi connectivity index (χ4v) is 1.34. The monoisotopic (exact) mass is 225 g/mol. The molecule has 3 nitrogen and oxygen atoms in total. The number of benzene rings is 1. The first-order valence-corrected chi connectivity index (χ1v) is 4.82. The number of hydrogen-bond acceptors (Lipinski definition) is 2. The van der Waals surface area contributed by atoms with E-state index in [9.17, 15) is 4.79 Å². The van der Waals surface area contributed by atoms with Gasteiger partial charge in [-0.2, -0.15) is 0 Å². The van der Waals surface area contributed by atoms with Crippen molar-refractivity contribution in [1.82, 2.24) is 0 Å². The molecule has 0 aromatic heterocycles. The van der Waals surface area contributed by atoms with E-state index in [1.165, 1.54) is 6.08 Å². The second-order valence-corrected chi connectivity index (χ2v) is 3.25. The van der Waals surface area contributed by atoms with Crippen LogP contribution in [0, 0.1) is 0 Å². The van der Waals surface area contributed by atoms with Crippen molar-refractivity contribution in [1.29, 1.82) is 0 Å². The van der Waals surface area contributed by atoms with Crippen molar-refractivity contribution in [2.45, 2.75) is 6.92 Å². The predicted molar refractivity (Wildman–Crippen MR) is 61.4 cm³/mol. The highest BCUT2D eigenvalue weighted by atomic mass is 35.5. The number of rotatable bonds is 3. The first-order chi connectivity index (χ1) is 7.17. The maximum atomic E-state index is 11.2. The van der Waals surface area contributed by atoms with Crippen LogP contribution in [0.3, 0.4) is 0 Å². The molecule has 0 saturated heterocycles. The largest absolute Gasteiger partial charge is 0.495 e. The Morgan fingerprint density at radius 1 is 1.53 bits per heavy atom. The van der Waals surface area contributed by atoms with Crippen molar-refractivity contribution < 1.29 is 9.53 Å². The summed E-state index contributed by atoms with van der Waals surface area (Å²) in [5.74, 6) is 0.402. The Morgan fingerprint density at radius 3 is 2.80 bits per heavy atom. The minimum Gasteiger partial charge on any atom is -0.495 e. The van der Waals surface area contributed by atoms with Gasteiger partial charge in [-0.15, -0.1) is 0 Å². The van der Waals surface area contributed by atoms with Crippen LogP contribution < -0.4 is 10.1 Å². The average Bonchev–Trinajstić information content (AvgIpc) is 2.18. The van der Waals surface area contributed by atoms with Gasteiger partial charge in [-0.25, -0.2) is 0 Å². The summed E-state index contributed by atoms with van der Waals surface area (Å²) in [5.41, 5.74) is 0.643. The number of allylic oxidation sites excluding steroid dienone is 1. The van der Waals surface area contributed by atoms with Crippen LogP contribution in [0.15, 0.2) is 30.4 Å². The van der Waals surface area contributed by atoms with Gasteiger partial charge in [-0.05, 0) is 31.2 Å². The molecule has 15 heavy (non-hydrogen) atoms. The Morgan fingerprint density at radius 2 is 2.27 bits per heavy atom. The third-order valence-corrected chi connectivity index (χ3v) is 2.03. The first-order valence-electron chi connectivity index (χ1n) is 4.44. The summed E-state index contributed by atoms with van der Waals surface area (Å²) in [6.45, 7) is 1.78. The van der Waals surface area contributed by atoms with Crippen LogP contribution in [-0.4, -0.2) is 13.0 Å². The van der Waals surface area contributed by atoms with Crippen LogP contribution in [-0.2, 0) is 4.79 Å². The minimum absolute atomic E-state index is 0.182. The minimum atomic E-state index is -0.182. The van der Waals surface area contributed by atoms with Gasteiger partial charge in [0.05, 0.1) is 12.1 Å². The summed E-state index contributed by atoms with van der Waals surface area (Å²) in [5, 5.41) is 3.14. The molecule has 0 heterocycles. The van der Waals surface area contributed by atoms with Crippen LogP contribution in [0.4, 0.5) is 5.69 Å². The van der Waals surface area contributed by atoms with Gasteiger partial charge in [0.1, 0.15) is 5.75 Å².